The lowest BCUT2D eigenvalue weighted by Crippen LogP contribution is -2.51. The Morgan fingerprint density at radius 3 is 2.45 bits per heavy atom. The third kappa shape index (κ3) is 5.82. The third-order valence-electron chi connectivity index (χ3n) is 6.44. The van der Waals surface area contributed by atoms with Crippen molar-refractivity contribution in [2.45, 2.75) is 33.2 Å². The smallest absolute Gasteiger partial charge is 0.237 e. The van der Waals surface area contributed by atoms with Crippen LogP contribution in [0.25, 0.3) is 10.9 Å². The van der Waals surface area contributed by atoms with Crippen LogP contribution in [0, 0.1) is 6.92 Å². The molecule has 174 valence electrons. The summed E-state index contributed by atoms with van der Waals surface area (Å²) >= 11 is 0. The maximum atomic E-state index is 13.0. The fraction of sp³-hybridized carbons (Fsp3) is 0.407. The molecule has 1 aromatic heterocycles. The van der Waals surface area contributed by atoms with Gasteiger partial charge in [0.2, 0.25) is 11.8 Å². The summed E-state index contributed by atoms with van der Waals surface area (Å²) in [5.74, 6) is 0.314. The van der Waals surface area contributed by atoms with E-state index in [4.69, 9.17) is 0 Å². The van der Waals surface area contributed by atoms with E-state index in [1.54, 1.807) is 0 Å². The number of amides is 2. The number of rotatable bonds is 8. The minimum atomic E-state index is 0.151. The predicted octanol–water partition coefficient (Wildman–Crippen LogP) is 3.60. The monoisotopic (exact) mass is 446 g/mol. The molecule has 1 saturated heterocycles. The fourth-order valence-corrected chi connectivity index (χ4v) is 4.47. The summed E-state index contributed by atoms with van der Waals surface area (Å²) in [5.41, 5.74) is 4.49. The molecule has 0 saturated carbocycles. The molecule has 0 radical (unpaired) electrons. The number of nitrogens with zero attached hydrogens (tertiary/aromatic N) is 3. The van der Waals surface area contributed by atoms with E-state index in [0.717, 1.165) is 48.1 Å². The van der Waals surface area contributed by atoms with Crippen molar-refractivity contribution in [3.8, 4) is 0 Å². The highest BCUT2D eigenvalue weighted by Crippen LogP contribution is 2.19. The van der Waals surface area contributed by atoms with Gasteiger partial charge in [0.05, 0.1) is 13.0 Å². The first kappa shape index (κ1) is 23.1. The van der Waals surface area contributed by atoms with Gasteiger partial charge in [0, 0.05) is 56.4 Å². The Labute approximate surface area is 196 Å². The molecule has 33 heavy (non-hydrogen) atoms. The number of H-pyrrole nitrogens is 1. The van der Waals surface area contributed by atoms with Crippen molar-refractivity contribution in [1.82, 2.24) is 19.7 Å². The van der Waals surface area contributed by atoms with Crippen molar-refractivity contribution in [2.75, 3.05) is 39.3 Å². The lowest BCUT2D eigenvalue weighted by atomic mass is 10.1. The minimum absolute atomic E-state index is 0.151. The molecule has 1 aliphatic rings. The molecule has 3 aromatic rings. The standard InChI is InChI=1S/C27H34N4O2/c1-3-12-31(19-22-10-8-21(2)9-11-22)27(33)20-29-13-15-30(16-14-29)26(32)17-23-18-28-25-7-5-4-6-24(23)25/h4-11,18,28H,3,12-17,19-20H2,1-2H3. The summed E-state index contributed by atoms with van der Waals surface area (Å²) in [5, 5.41) is 1.11. The molecule has 1 N–H and O–H groups in total. The van der Waals surface area contributed by atoms with Crippen LogP contribution in [-0.2, 0) is 22.6 Å². The van der Waals surface area contributed by atoms with Gasteiger partial charge < -0.3 is 14.8 Å². The quantitative estimate of drug-likeness (QED) is 0.575. The molecule has 2 amide bonds. The molecule has 1 fully saturated rings. The molecule has 0 atom stereocenters. The average Bonchev–Trinajstić information content (AvgIpc) is 3.23. The highest BCUT2D eigenvalue weighted by Gasteiger charge is 2.24. The van der Waals surface area contributed by atoms with Crippen LogP contribution in [0.4, 0.5) is 0 Å². The van der Waals surface area contributed by atoms with E-state index < -0.39 is 0 Å². The number of aryl methyl sites for hydroxylation is 1. The second kappa shape index (κ2) is 10.7. The first-order valence-electron chi connectivity index (χ1n) is 11.9. The molecule has 0 bridgehead atoms. The van der Waals surface area contributed by atoms with E-state index in [0.29, 0.717) is 32.6 Å². The summed E-state index contributed by atoms with van der Waals surface area (Å²) in [7, 11) is 0. The van der Waals surface area contributed by atoms with E-state index in [1.807, 2.05) is 34.2 Å². The maximum Gasteiger partial charge on any atom is 0.237 e. The number of para-hydroxylation sites is 1. The van der Waals surface area contributed by atoms with Crippen molar-refractivity contribution < 1.29 is 9.59 Å². The molecule has 1 aliphatic heterocycles. The summed E-state index contributed by atoms with van der Waals surface area (Å²) in [4.78, 5) is 35.2. The SMILES string of the molecule is CCCN(Cc1ccc(C)cc1)C(=O)CN1CCN(C(=O)Cc2c[nH]c3ccccc23)CC1. The Morgan fingerprint density at radius 2 is 1.73 bits per heavy atom. The number of fused-ring (bicyclic) bond motifs is 1. The minimum Gasteiger partial charge on any atom is -0.361 e. The highest BCUT2D eigenvalue weighted by molar-refractivity contribution is 5.89. The molecule has 6 nitrogen and oxygen atoms in total. The number of piperazine rings is 1. The van der Waals surface area contributed by atoms with Crippen LogP contribution >= 0.6 is 0 Å². The number of carbonyl (C=O) groups is 2. The van der Waals surface area contributed by atoms with Crippen LogP contribution in [-0.4, -0.2) is 70.8 Å². The molecule has 2 heterocycles. The molecular weight excluding hydrogens is 412 g/mol. The Kier molecular flexibility index (Phi) is 7.45. The fourth-order valence-electron chi connectivity index (χ4n) is 4.47. The van der Waals surface area contributed by atoms with Crippen LogP contribution < -0.4 is 0 Å². The summed E-state index contributed by atoms with van der Waals surface area (Å²) < 4.78 is 0. The second-order valence-electron chi connectivity index (χ2n) is 8.99. The zero-order chi connectivity index (χ0) is 23.2. The number of carbonyl (C=O) groups excluding carboxylic acids is 2. The van der Waals surface area contributed by atoms with Crippen LogP contribution in [0.3, 0.4) is 0 Å². The van der Waals surface area contributed by atoms with E-state index in [1.165, 1.54) is 5.56 Å². The lowest BCUT2D eigenvalue weighted by molar-refractivity contribution is -0.135. The van der Waals surface area contributed by atoms with Gasteiger partial charge in [-0.15, -0.1) is 0 Å². The number of aromatic nitrogens is 1. The normalized spacial score (nSPS) is 14.5. The molecular formula is C27H34N4O2. The van der Waals surface area contributed by atoms with Crippen LogP contribution in [0.5, 0.6) is 0 Å². The lowest BCUT2D eigenvalue weighted by Gasteiger charge is -2.35. The van der Waals surface area contributed by atoms with Crippen molar-refractivity contribution in [2.24, 2.45) is 0 Å². The molecule has 0 unspecified atom stereocenters. The largest absolute Gasteiger partial charge is 0.361 e. The maximum absolute atomic E-state index is 13.0. The van der Waals surface area contributed by atoms with Gasteiger partial charge in [-0.05, 0) is 30.5 Å². The second-order valence-corrected chi connectivity index (χ2v) is 8.99. The van der Waals surface area contributed by atoms with Gasteiger partial charge in [0.1, 0.15) is 0 Å². The van der Waals surface area contributed by atoms with Gasteiger partial charge in [-0.3, -0.25) is 14.5 Å². The molecule has 2 aromatic carbocycles. The van der Waals surface area contributed by atoms with E-state index in [-0.39, 0.29) is 11.8 Å². The number of hydrogen-bond acceptors (Lipinski definition) is 3. The Morgan fingerprint density at radius 1 is 1.00 bits per heavy atom. The van der Waals surface area contributed by atoms with E-state index >= 15 is 0 Å². The van der Waals surface area contributed by atoms with Gasteiger partial charge in [0.25, 0.3) is 0 Å². The van der Waals surface area contributed by atoms with Crippen LogP contribution in [0.15, 0.2) is 54.7 Å². The van der Waals surface area contributed by atoms with Crippen molar-refractivity contribution in [3.63, 3.8) is 0 Å². The van der Waals surface area contributed by atoms with Gasteiger partial charge in [0.15, 0.2) is 0 Å². The number of aromatic amines is 1. The van der Waals surface area contributed by atoms with Crippen LogP contribution in [0.1, 0.15) is 30.0 Å². The highest BCUT2D eigenvalue weighted by atomic mass is 16.2. The Hall–Kier alpha value is -3.12. The topological polar surface area (TPSA) is 59.7 Å². The predicted molar refractivity (Wildman–Crippen MR) is 132 cm³/mol. The molecule has 6 heteroatoms. The molecule has 0 spiro atoms. The molecule has 0 aliphatic carbocycles. The van der Waals surface area contributed by atoms with Crippen molar-refractivity contribution in [1.29, 1.82) is 0 Å². The summed E-state index contributed by atoms with van der Waals surface area (Å²) in [6.07, 6.45) is 3.28. The number of nitrogens with one attached hydrogen (secondary N) is 1. The van der Waals surface area contributed by atoms with Gasteiger partial charge in [-0.1, -0.05) is 55.0 Å². The van der Waals surface area contributed by atoms with Crippen molar-refractivity contribution in [3.05, 3.63) is 71.4 Å². The van der Waals surface area contributed by atoms with E-state index in [9.17, 15) is 9.59 Å². The first-order chi connectivity index (χ1) is 16.0. The summed E-state index contributed by atoms with van der Waals surface area (Å²) in [6.45, 7) is 8.80. The van der Waals surface area contributed by atoms with E-state index in [2.05, 4.69) is 54.1 Å². The zero-order valence-electron chi connectivity index (χ0n) is 19.7. The third-order valence-corrected chi connectivity index (χ3v) is 6.44. The number of benzene rings is 2. The van der Waals surface area contributed by atoms with Gasteiger partial charge in [-0.25, -0.2) is 0 Å². The summed E-state index contributed by atoms with van der Waals surface area (Å²) in [6, 6.07) is 16.5. The first-order valence-corrected chi connectivity index (χ1v) is 11.9. The van der Waals surface area contributed by atoms with Crippen LogP contribution in [0.2, 0.25) is 0 Å². The molecule has 4 rings (SSSR count). The Balaban J connectivity index is 1.28. The van der Waals surface area contributed by atoms with Crippen molar-refractivity contribution >= 4 is 22.7 Å². The van der Waals surface area contributed by atoms with Gasteiger partial charge >= 0.3 is 0 Å². The average molecular weight is 447 g/mol. The number of hydrogen-bond donors (Lipinski definition) is 1. The Bertz CT molecular complexity index is 1080. The zero-order valence-corrected chi connectivity index (χ0v) is 19.7. The van der Waals surface area contributed by atoms with Gasteiger partial charge in [-0.2, -0.15) is 0 Å².